The van der Waals surface area contributed by atoms with Crippen LogP contribution in [0, 0.1) is 11.8 Å². The number of rotatable bonds is 6. The molecule has 0 radical (unpaired) electrons. The Labute approximate surface area is 337 Å². The fraction of sp³-hybridized carbons (Fsp3) is 0.200. The van der Waals surface area contributed by atoms with Gasteiger partial charge < -0.3 is 9.80 Å². The summed E-state index contributed by atoms with van der Waals surface area (Å²) in [6, 6.07) is 43.6. The third-order valence-electron chi connectivity index (χ3n) is 13.5. The molecule has 0 amide bonds. The van der Waals surface area contributed by atoms with Crippen molar-refractivity contribution in [3.05, 3.63) is 227 Å². The van der Waals surface area contributed by atoms with Crippen molar-refractivity contribution in [3.63, 3.8) is 0 Å². The van der Waals surface area contributed by atoms with E-state index in [4.69, 9.17) is 0 Å². The molecule has 0 saturated carbocycles. The van der Waals surface area contributed by atoms with Crippen molar-refractivity contribution in [2.75, 3.05) is 9.80 Å². The van der Waals surface area contributed by atoms with Gasteiger partial charge >= 0.3 is 0 Å². The van der Waals surface area contributed by atoms with Crippen molar-refractivity contribution in [2.45, 2.75) is 56.9 Å². The van der Waals surface area contributed by atoms with Gasteiger partial charge in [0.05, 0.1) is 11.5 Å². The summed E-state index contributed by atoms with van der Waals surface area (Å²) in [6.07, 6.45) is 30.5. The van der Waals surface area contributed by atoms with Crippen molar-refractivity contribution in [3.8, 4) is 0 Å². The molecule has 11 rings (SSSR count). The zero-order valence-electron chi connectivity index (χ0n) is 32.9. The Bertz CT molecular complexity index is 2680. The van der Waals surface area contributed by atoms with Crippen LogP contribution >= 0.6 is 0 Å². The smallest absolute Gasteiger partial charge is 0.0652 e. The van der Waals surface area contributed by atoms with Crippen LogP contribution in [0.2, 0.25) is 0 Å². The molecule has 0 saturated heterocycles. The van der Waals surface area contributed by atoms with Gasteiger partial charge in [0.1, 0.15) is 0 Å². The third-order valence-corrected chi connectivity index (χ3v) is 13.5. The summed E-state index contributed by atoms with van der Waals surface area (Å²) in [4.78, 5) is 5.15. The van der Waals surface area contributed by atoms with E-state index in [2.05, 4.69) is 206 Å². The summed E-state index contributed by atoms with van der Waals surface area (Å²) in [5, 5.41) is 2.70. The minimum atomic E-state index is -0.399. The predicted molar refractivity (Wildman–Crippen MR) is 240 cm³/mol. The first-order valence-corrected chi connectivity index (χ1v) is 21.0. The largest absolute Gasteiger partial charge is 0.333 e. The highest BCUT2D eigenvalue weighted by Crippen LogP contribution is 2.68. The number of benzene rings is 5. The zero-order chi connectivity index (χ0) is 38.1. The average molecular weight is 737 g/mol. The van der Waals surface area contributed by atoms with Crippen LogP contribution in [0.25, 0.3) is 16.3 Å². The number of allylic oxidation sites excluding steroid dienone is 12. The molecule has 0 N–H and O–H groups in total. The van der Waals surface area contributed by atoms with Crippen molar-refractivity contribution < 1.29 is 0 Å². The first kappa shape index (κ1) is 34.2. The molecular formula is C55H48N2. The van der Waals surface area contributed by atoms with Crippen LogP contribution in [0.1, 0.15) is 67.7 Å². The van der Waals surface area contributed by atoms with E-state index in [1.165, 1.54) is 72.6 Å². The summed E-state index contributed by atoms with van der Waals surface area (Å²) < 4.78 is 0. The minimum Gasteiger partial charge on any atom is -0.333 e. The maximum absolute atomic E-state index is 2.65. The Morgan fingerprint density at radius 1 is 0.632 bits per heavy atom. The normalized spacial score (nSPS) is 25.1. The van der Waals surface area contributed by atoms with Gasteiger partial charge in [-0.15, -0.1) is 0 Å². The SMILES string of the molecule is CC1C=CC=CC1N(c1ccccc1)c1cc2c(c3ccccc13)C1CC=C(N(C3=CCCC=C3)c3ccccc3)C=C1C21C2=C(C=CC[C@H]2C)c2ccccc21. The van der Waals surface area contributed by atoms with E-state index >= 15 is 0 Å². The van der Waals surface area contributed by atoms with E-state index in [0.717, 1.165) is 25.7 Å². The van der Waals surface area contributed by atoms with Gasteiger partial charge in [0.25, 0.3) is 0 Å². The average Bonchev–Trinajstić information content (AvgIpc) is 3.73. The Balaban J connectivity index is 1.23. The second-order valence-corrected chi connectivity index (χ2v) is 16.7. The molecule has 5 aromatic rings. The number of nitrogens with zero attached hydrogens (tertiary/aromatic N) is 2. The van der Waals surface area contributed by atoms with Gasteiger partial charge in [-0.2, -0.15) is 0 Å². The van der Waals surface area contributed by atoms with E-state index in [9.17, 15) is 0 Å². The summed E-state index contributed by atoms with van der Waals surface area (Å²) in [7, 11) is 0. The van der Waals surface area contributed by atoms with Gasteiger partial charge in [-0.3, -0.25) is 0 Å². The van der Waals surface area contributed by atoms with Crippen LogP contribution in [0.15, 0.2) is 205 Å². The molecule has 6 aliphatic rings. The van der Waals surface area contributed by atoms with Crippen LogP contribution in [0.5, 0.6) is 0 Å². The van der Waals surface area contributed by atoms with Crippen molar-refractivity contribution >= 4 is 33.4 Å². The number of anilines is 3. The summed E-state index contributed by atoms with van der Waals surface area (Å²) >= 11 is 0. The van der Waals surface area contributed by atoms with Crippen LogP contribution in [-0.4, -0.2) is 6.04 Å². The molecule has 5 atom stereocenters. The lowest BCUT2D eigenvalue weighted by Gasteiger charge is -2.40. The lowest BCUT2D eigenvalue weighted by molar-refractivity contribution is 0.571. The maximum atomic E-state index is 2.65. The minimum absolute atomic E-state index is 0.171. The molecule has 4 unspecified atom stereocenters. The quantitative estimate of drug-likeness (QED) is 0.171. The Hall–Kier alpha value is -6.12. The number of hydrogen-bond donors (Lipinski definition) is 0. The number of fused-ring (bicyclic) bond motifs is 11. The van der Waals surface area contributed by atoms with Crippen molar-refractivity contribution in [2.24, 2.45) is 11.8 Å². The van der Waals surface area contributed by atoms with Gasteiger partial charge in [-0.25, -0.2) is 0 Å². The standard InChI is InChI=1S/C55H48N2/c1-37-19-12-17-32-51(37)57(41-25-10-5-11-26-41)52-36-50-53(45-29-14-13-28-44(45)52)47-34-33-42(56(39-21-6-3-7-22-39)40-23-8-4-9-24-40)35-49(47)55(50)48-31-16-15-27-43(48)46-30-18-20-38(2)54(46)55/h3,5-8,10-19,21-33,35-38,47,51H,4,9,20,34H2,1-2H3/t37?,38-,47?,51?,55?/m1/s1. The Kier molecular flexibility index (Phi) is 8.10. The van der Waals surface area contributed by atoms with Crippen LogP contribution < -0.4 is 9.80 Å². The van der Waals surface area contributed by atoms with Crippen LogP contribution in [0.4, 0.5) is 17.1 Å². The molecular weight excluding hydrogens is 689 g/mol. The van der Waals surface area contributed by atoms with Crippen molar-refractivity contribution in [1.82, 2.24) is 0 Å². The fourth-order valence-corrected chi connectivity index (χ4v) is 11.2. The predicted octanol–water partition coefficient (Wildman–Crippen LogP) is 13.8. The zero-order valence-corrected chi connectivity index (χ0v) is 32.9. The van der Waals surface area contributed by atoms with Crippen LogP contribution in [-0.2, 0) is 5.41 Å². The van der Waals surface area contributed by atoms with E-state index < -0.39 is 5.41 Å². The summed E-state index contributed by atoms with van der Waals surface area (Å²) in [6.45, 7) is 4.84. The first-order chi connectivity index (χ1) is 28.1. The maximum Gasteiger partial charge on any atom is 0.0652 e. The number of hydrogen-bond acceptors (Lipinski definition) is 2. The molecule has 0 aliphatic heterocycles. The van der Waals surface area contributed by atoms with E-state index in [0.29, 0.717) is 11.8 Å². The highest BCUT2D eigenvalue weighted by Gasteiger charge is 2.58. The third kappa shape index (κ3) is 5.09. The molecule has 1 spiro atoms. The van der Waals surface area contributed by atoms with Gasteiger partial charge in [-0.05, 0) is 124 Å². The van der Waals surface area contributed by atoms with E-state index in [1.54, 1.807) is 5.57 Å². The second-order valence-electron chi connectivity index (χ2n) is 16.7. The van der Waals surface area contributed by atoms with Crippen molar-refractivity contribution in [1.29, 1.82) is 0 Å². The lowest BCUT2D eigenvalue weighted by Crippen LogP contribution is -2.36. The topological polar surface area (TPSA) is 6.48 Å². The van der Waals surface area contributed by atoms with Crippen LogP contribution in [0.3, 0.4) is 0 Å². The van der Waals surface area contributed by atoms with Gasteiger partial charge in [0, 0.05) is 39.8 Å². The molecule has 57 heavy (non-hydrogen) atoms. The monoisotopic (exact) mass is 736 g/mol. The Morgan fingerprint density at radius 3 is 2.16 bits per heavy atom. The summed E-state index contributed by atoms with van der Waals surface area (Å²) in [5.41, 5.74) is 16.2. The molecule has 2 nitrogen and oxygen atoms in total. The molecule has 278 valence electrons. The summed E-state index contributed by atoms with van der Waals surface area (Å²) in [5.74, 6) is 0.973. The molecule has 0 aromatic heterocycles. The van der Waals surface area contributed by atoms with Gasteiger partial charge in [0.2, 0.25) is 0 Å². The van der Waals surface area contributed by atoms with Gasteiger partial charge in [-0.1, -0.05) is 153 Å². The molecule has 0 fully saturated rings. The Morgan fingerprint density at radius 2 is 1.37 bits per heavy atom. The fourth-order valence-electron chi connectivity index (χ4n) is 11.2. The highest BCUT2D eigenvalue weighted by molar-refractivity contribution is 6.04. The van der Waals surface area contributed by atoms with Gasteiger partial charge in [0.15, 0.2) is 0 Å². The molecule has 5 aromatic carbocycles. The molecule has 0 bridgehead atoms. The second kappa shape index (κ2) is 13.5. The molecule has 6 aliphatic carbocycles. The highest BCUT2D eigenvalue weighted by atomic mass is 15.2. The van der Waals surface area contributed by atoms with E-state index in [1.807, 2.05) is 0 Å². The number of para-hydroxylation sites is 2. The molecule has 0 heterocycles. The lowest BCUT2D eigenvalue weighted by atomic mass is 9.64. The first-order valence-electron chi connectivity index (χ1n) is 21.0. The molecule has 2 heteroatoms. The van der Waals surface area contributed by atoms with E-state index in [-0.39, 0.29) is 12.0 Å².